The number of esters is 2. The molecule has 0 unspecified atom stereocenters. The Bertz CT molecular complexity index is 1190. The maximum atomic E-state index is 12.3. The molecule has 0 aliphatic heterocycles. The smallest absolute Gasteiger partial charge is 0.307 e. The predicted octanol–water partition coefficient (Wildman–Crippen LogP) is 6.21. The molecule has 0 atom stereocenters. The highest BCUT2D eigenvalue weighted by Gasteiger charge is 2.23. The van der Waals surface area contributed by atoms with Gasteiger partial charge in [0, 0.05) is 44.7 Å². The summed E-state index contributed by atoms with van der Waals surface area (Å²) in [5.41, 5.74) is 2.06. The number of carbonyl (C=O) groups excluding carboxylic acids is 2. The molecular weight excluding hydrogens is 644 g/mol. The average molecular weight is 715 g/mol. The van der Waals surface area contributed by atoms with Gasteiger partial charge in [-0.25, -0.2) is 0 Å². The Balaban J connectivity index is 0.00000638. The van der Waals surface area contributed by atoms with E-state index in [9.17, 15) is 9.59 Å². The SMILES string of the molecule is CC.CCCN(CCC(=O)OCCOc1ccc(C(C)(C)c2ccc(OCCOC(=O)CCN(CC)CCN(C)C)cc2)cc1)CCN(C)CC. The minimum atomic E-state index is -0.237. The monoisotopic (exact) mass is 715 g/mol. The van der Waals surface area contributed by atoms with Crippen LogP contribution in [0.25, 0.3) is 0 Å². The van der Waals surface area contributed by atoms with Gasteiger partial charge in [-0.15, -0.1) is 0 Å². The Kier molecular flexibility index (Phi) is 23.9. The topological polar surface area (TPSA) is 84.0 Å². The molecule has 10 heteroatoms. The fourth-order valence-corrected chi connectivity index (χ4v) is 5.27. The van der Waals surface area contributed by atoms with Crippen LogP contribution in [0.3, 0.4) is 0 Å². The summed E-state index contributed by atoms with van der Waals surface area (Å²) in [6.07, 6.45) is 1.83. The highest BCUT2D eigenvalue weighted by Crippen LogP contribution is 2.33. The molecule has 0 aromatic heterocycles. The van der Waals surface area contributed by atoms with Gasteiger partial charge in [0.1, 0.15) is 37.9 Å². The third-order valence-corrected chi connectivity index (χ3v) is 8.83. The second kappa shape index (κ2) is 26.6. The number of nitrogens with zero attached hydrogens (tertiary/aromatic N) is 4. The van der Waals surface area contributed by atoms with E-state index in [2.05, 4.69) is 99.6 Å². The van der Waals surface area contributed by atoms with E-state index in [1.54, 1.807) is 0 Å². The highest BCUT2D eigenvalue weighted by molar-refractivity contribution is 5.69. The van der Waals surface area contributed by atoms with Crippen molar-refractivity contribution < 1.29 is 28.5 Å². The van der Waals surface area contributed by atoms with E-state index in [-0.39, 0.29) is 30.6 Å². The zero-order valence-electron chi connectivity index (χ0n) is 33.7. The van der Waals surface area contributed by atoms with Crippen LogP contribution < -0.4 is 9.47 Å². The molecule has 2 aromatic carbocycles. The van der Waals surface area contributed by atoms with Crippen LogP contribution in [0, 0.1) is 0 Å². The molecule has 0 bridgehead atoms. The minimum absolute atomic E-state index is 0.189. The van der Waals surface area contributed by atoms with Crippen molar-refractivity contribution in [2.24, 2.45) is 0 Å². The molecule has 0 aliphatic carbocycles. The summed E-state index contributed by atoms with van der Waals surface area (Å²) in [6.45, 7) is 24.0. The fourth-order valence-electron chi connectivity index (χ4n) is 5.27. The van der Waals surface area contributed by atoms with Gasteiger partial charge >= 0.3 is 11.9 Å². The maximum absolute atomic E-state index is 12.3. The molecule has 0 radical (unpaired) electrons. The summed E-state index contributed by atoms with van der Waals surface area (Å²) < 4.78 is 22.5. The van der Waals surface area contributed by atoms with Gasteiger partial charge in [0.2, 0.25) is 0 Å². The number of ether oxygens (including phenoxy) is 4. The molecule has 51 heavy (non-hydrogen) atoms. The third-order valence-electron chi connectivity index (χ3n) is 8.83. The van der Waals surface area contributed by atoms with E-state index < -0.39 is 0 Å². The van der Waals surface area contributed by atoms with Gasteiger partial charge in [0.25, 0.3) is 0 Å². The largest absolute Gasteiger partial charge is 0.490 e. The Labute approximate surface area is 310 Å². The molecule has 0 saturated heterocycles. The predicted molar refractivity (Wildman–Crippen MR) is 209 cm³/mol. The summed E-state index contributed by atoms with van der Waals surface area (Å²) in [6, 6.07) is 16.1. The van der Waals surface area contributed by atoms with E-state index in [1.807, 2.05) is 38.1 Å². The average Bonchev–Trinajstić information content (AvgIpc) is 3.14. The number of hydrogen-bond donors (Lipinski definition) is 0. The van der Waals surface area contributed by atoms with Crippen LogP contribution in [-0.4, -0.2) is 138 Å². The van der Waals surface area contributed by atoms with Crippen LogP contribution in [0.2, 0.25) is 0 Å². The third kappa shape index (κ3) is 19.3. The molecule has 2 rings (SSSR count). The van der Waals surface area contributed by atoms with Crippen molar-refractivity contribution in [3.63, 3.8) is 0 Å². The van der Waals surface area contributed by atoms with E-state index in [0.29, 0.717) is 39.1 Å². The lowest BCUT2D eigenvalue weighted by atomic mass is 9.78. The Morgan fingerprint density at radius 3 is 1.43 bits per heavy atom. The van der Waals surface area contributed by atoms with Crippen molar-refractivity contribution in [1.82, 2.24) is 19.6 Å². The lowest BCUT2D eigenvalue weighted by Crippen LogP contribution is -2.35. The Morgan fingerprint density at radius 1 is 0.569 bits per heavy atom. The second-order valence-corrected chi connectivity index (χ2v) is 13.3. The quantitative estimate of drug-likeness (QED) is 0.0829. The highest BCUT2D eigenvalue weighted by atomic mass is 16.6. The van der Waals surface area contributed by atoms with E-state index >= 15 is 0 Å². The van der Waals surface area contributed by atoms with Crippen LogP contribution in [0.1, 0.15) is 78.9 Å². The number of likely N-dealkylation sites (N-methyl/N-ethyl adjacent to an activating group) is 3. The van der Waals surface area contributed by atoms with Gasteiger partial charge in [-0.3, -0.25) is 9.59 Å². The molecule has 0 aliphatic rings. The van der Waals surface area contributed by atoms with Crippen LogP contribution in [0.5, 0.6) is 11.5 Å². The lowest BCUT2D eigenvalue weighted by molar-refractivity contribution is -0.145. The molecule has 290 valence electrons. The molecule has 0 fully saturated rings. The van der Waals surface area contributed by atoms with Crippen LogP contribution in [0.4, 0.5) is 0 Å². The molecular formula is C41H70N4O6. The minimum Gasteiger partial charge on any atom is -0.490 e. The molecule has 0 spiro atoms. The fraction of sp³-hybridized carbons (Fsp3) is 0.659. The van der Waals surface area contributed by atoms with E-state index in [0.717, 1.165) is 74.9 Å². The van der Waals surface area contributed by atoms with Crippen molar-refractivity contribution >= 4 is 11.9 Å². The first kappa shape index (κ1) is 45.8. The van der Waals surface area contributed by atoms with Gasteiger partial charge in [0.15, 0.2) is 0 Å². The summed E-state index contributed by atoms with van der Waals surface area (Å²) >= 11 is 0. The van der Waals surface area contributed by atoms with Gasteiger partial charge in [-0.2, -0.15) is 0 Å². The van der Waals surface area contributed by atoms with Crippen molar-refractivity contribution in [2.45, 2.75) is 73.1 Å². The summed E-state index contributed by atoms with van der Waals surface area (Å²) in [7, 11) is 6.21. The second-order valence-electron chi connectivity index (χ2n) is 13.3. The molecule has 0 saturated carbocycles. The van der Waals surface area contributed by atoms with E-state index in [1.165, 1.54) is 0 Å². The van der Waals surface area contributed by atoms with Crippen molar-refractivity contribution in [3.05, 3.63) is 59.7 Å². The van der Waals surface area contributed by atoms with Crippen LogP contribution in [0.15, 0.2) is 48.5 Å². The number of rotatable bonds is 26. The molecule has 10 nitrogen and oxygen atoms in total. The number of hydrogen-bond acceptors (Lipinski definition) is 10. The van der Waals surface area contributed by atoms with Gasteiger partial charge < -0.3 is 38.5 Å². The Morgan fingerprint density at radius 2 is 1.02 bits per heavy atom. The summed E-state index contributed by atoms with van der Waals surface area (Å²) in [4.78, 5) is 33.5. The van der Waals surface area contributed by atoms with Gasteiger partial charge in [-0.1, -0.05) is 72.7 Å². The van der Waals surface area contributed by atoms with Crippen molar-refractivity contribution in [2.75, 3.05) is 106 Å². The van der Waals surface area contributed by atoms with E-state index in [4.69, 9.17) is 18.9 Å². The number of benzene rings is 2. The molecule has 2 aromatic rings. The summed E-state index contributed by atoms with van der Waals surface area (Å²) in [5, 5.41) is 0. The summed E-state index contributed by atoms with van der Waals surface area (Å²) in [5.74, 6) is 1.08. The van der Waals surface area contributed by atoms with Crippen molar-refractivity contribution in [3.8, 4) is 11.5 Å². The van der Waals surface area contributed by atoms with Crippen LogP contribution >= 0.6 is 0 Å². The molecule has 0 amide bonds. The zero-order chi connectivity index (χ0) is 38.1. The van der Waals surface area contributed by atoms with Gasteiger partial charge in [0.05, 0.1) is 12.8 Å². The van der Waals surface area contributed by atoms with Gasteiger partial charge in [-0.05, 0) is 82.6 Å². The molecule has 0 N–H and O–H groups in total. The first-order valence-electron chi connectivity index (χ1n) is 19.0. The standard InChI is InChI=1S/C39H64N4O6.C2H6/c1-9-22-43(28-26-41(8)10-2)24-21-38(45)49-32-30-47-36-18-14-34(15-19-36)39(4,5)33-12-16-35(17-13-33)46-29-31-48-37(44)20-23-42(11-3)27-25-40(6)7;1-2/h12-19H,9-11,20-32H2,1-8H3;1-2H3. The first-order valence-corrected chi connectivity index (χ1v) is 19.0. The maximum Gasteiger partial charge on any atom is 0.307 e. The Hall–Kier alpha value is -3.18. The first-order chi connectivity index (χ1) is 24.5. The van der Waals surface area contributed by atoms with Crippen LogP contribution in [-0.2, 0) is 24.5 Å². The number of carbonyl (C=O) groups is 2. The zero-order valence-corrected chi connectivity index (χ0v) is 33.7. The normalized spacial score (nSPS) is 11.5. The van der Waals surface area contributed by atoms with Crippen molar-refractivity contribution in [1.29, 1.82) is 0 Å². The lowest BCUT2D eigenvalue weighted by Gasteiger charge is -2.26. The molecule has 0 heterocycles.